The molecule has 1 fully saturated rings. The van der Waals surface area contributed by atoms with Crippen molar-refractivity contribution < 1.29 is 18.3 Å². The molecule has 0 bridgehead atoms. The number of nitrogens with zero attached hydrogens (tertiary/aromatic N) is 1. The van der Waals surface area contributed by atoms with Crippen molar-refractivity contribution in [3.63, 3.8) is 0 Å². The fraction of sp³-hybridized carbons (Fsp3) is 0.385. The van der Waals surface area contributed by atoms with Gasteiger partial charge in [0, 0.05) is 10.6 Å². The van der Waals surface area contributed by atoms with Gasteiger partial charge in [0.2, 0.25) is 5.91 Å². The first-order valence-corrected chi connectivity index (χ1v) is 8.52. The lowest BCUT2D eigenvalue weighted by molar-refractivity contribution is -0.124. The van der Waals surface area contributed by atoms with E-state index in [1.165, 1.54) is 18.2 Å². The molecule has 1 aliphatic rings. The maximum atomic E-state index is 11.8. The Morgan fingerprint density at radius 2 is 2.19 bits per heavy atom. The van der Waals surface area contributed by atoms with Crippen molar-refractivity contribution in [2.45, 2.75) is 13.3 Å². The fourth-order valence-corrected chi connectivity index (χ4v) is 4.00. The van der Waals surface area contributed by atoms with Gasteiger partial charge in [0.25, 0.3) is 0 Å². The van der Waals surface area contributed by atoms with Crippen LogP contribution in [0.1, 0.15) is 18.9 Å². The van der Waals surface area contributed by atoms with Crippen LogP contribution in [0.25, 0.3) is 0 Å². The zero-order valence-corrected chi connectivity index (χ0v) is 12.9. The summed E-state index contributed by atoms with van der Waals surface area (Å²) in [5.41, 5.74) is 3.12. The summed E-state index contributed by atoms with van der Waals surface area (Å²) in [5.74, 6) is -1.12. The van der Waals surface area contributed by atoms with E-state index >= 15 is 0 Å². The standard InChI is InChI=1S/C13H15ClN2O4S/c1-8(11-6-10(14)2-3-12(11)17)15-16-13(18)9-4-5-21(19,20)7-9/h2-3,6,9,17H,4-5,7H2,1H3,(H,16,18)/b15-8+/t9-/m1/s1. The highest BCUT2D eigenvalue weighted by Crippen LogP contribution is 2.22. The molecular weight excluding hydrogens is 316 g/mol. The number of carbonyl (C=O) groups is 1. The van der Waals surface area contributed by atoms with Crippen LogP contribution in [0.3, 0.4) is 0 Å². The quantitative estimate of drug-likeness (QED) is 0.645. The highest BCUT2D eigenvalue weighted by Gasteiger charge is 2.32. The topological polar surface area (TPSA) is 95.8 Å². The Bertz CT molecular complexity index is 700. The minimum atomic E-state index is -3.11. The summed E-state index contributed by atoms with van der Waals surface area (Å²) in [4.78, 5) is 11.8. The van der Waals surface area contributed by atoms with Gasteiger partial charge < -0.3 is 5.11 Å². The number of hydrogen-bond donors (Lipinski definition) is 2. The van der Waals surface area contributed by atoms with Gasteiger partial charge in [-0.15, -0.1) is 0 Å². The molecule has 0 saturated carbocycles. The third kappa shape index (κ3) is 3.95. The molecule has 0 unspecified atom stereocenters. The molecule has 1 atom stereocenters. The summed E-state index contributed by atoms with van der Waals surface area (Å²) in [6.45, 7) is 1.61. The number of phenols is 1. The van der Waals surface area contributed by atoms with E-state index in [0.717, 1.165) is 0 Å². The van der Waals surface area contributed by atoms with Crippen molar-refractivity contribution in [1.82, 2.24) is 5.43 Å². The molecule has 0 aromatic heterocycles. The number of carbonyl (C=O) groups excluding carboxylic acids is 1. The van der Waals surface area contributed by atoms with Crippen molar-refractivity contribution in [3.8, 4) is 5.75 Å². The minimum absolute atomic E-state index is 0.00153. The van der Waals surface area contributed by atoms with Crippen molar-refractivity contribution in [2.24, 2.45) is 11.0 Å². The minimum Gasteiger partial charge on any atom is -0.507 e. The van der Waals surface area contributed by atoms with Gasteiger partial charge in [-0.05, 0) is 31.5 Å². The van der Waals surface area contributed by atoms with Gasteiger partial charge in [-0.1, -0.05) is 11.6 Å². The Hall–Kier alpha value is -1.60. The molecule has 0 radical (unpaired) electrons. The van der Waals surface area contributed by atoms with E-state index in [1.807, 2.05) is 0 Å². The first-order chi connectivity index (χ1) is 9.78. The van der Waals surface area contributed by atoms with Crippen molar-refractivity contribution in [1.29, 1.82) is 0 Å². The normalized spacial score (nSPS) is 21.2. The van der Waals surface area contributed by atoms with Gasteiger partial charge in [0.1, 0.15) is 5.75 Å². The van der Waals surface area contributed by atoms with Gasteiger partial charge in [0.05, 0.1) is 23.1 Å². The van der Waals surface area contributed by atoms with Crippen LogP contribution in [0.5, 0.6) is 5.75 Å². The number of hydrogen-bond acceptors (Lipinski definition) is 5. The zero-order chi connectivity index (χ0) is 15.6. The van der Waals surface area contributed by atoms with E-state index in [9.17, 15) is 18.3 Å². The summed E-state index contributed by atoms with van der Waals surface area (Å²) in [6, 6.07) is 4.50. The maximum absolute atomic E-state index is 11.8. The molecule has 0 spiro atoms. The molecule has 2 N–H and O–H groups in total. The smallest absolute Gasteiger partial charge is 0.244 e. The second-order valence-electron chi connectivity index (χ2n) is 4.93. The zero-order valence-electron chi connectivity index (χ0n) is 11.3. The third-order valence-electron chi connectivity index (χ3n) is 3.29. The molecule has 2 rings (SSSR count). The molecule has 0 aliphatic carbocycles. The number of amides is 1. The number of aromatic hydroxyl groups is 1. The molecular formula is C13H15ClN2O4S. The monoisotopic (exact) mass is 330 g/mol. The van der Waals surface area contributed by atoms with Crippen molar-refractivity contribution >= 4 is 33.1 Å². The molecule has 1 aromatic rings. The first kappa shape index (κ1) is 15.8. The molecule has 8 heteroatoms. The predicted octanol–water partition coefficient (Wildman–Crippen LogP) is 1.32. The third-order valence-corrected chi connectivity index (χ3v) is 5.29. The van der Waals surface area contributed by atoms with Crippen LogP contribution >= 0.6 is 11.6 Å². The van der Waals surface area contributed by atoms with Crippen LogP contribution in [0.2, 0.25) is 5.02 Å². The summed E-state index contributed by atoms with van der Waals surface area (Å²) in [5, 5.41) is 14.0. The van der Waals surface area contributed by atoms with Crippen LogP contribution in [0, 0.1) is 5.92 Å². The molecule has 6 nitrogen and oxygen atoms in total. The second-order valence-corrected chi connectivity index (χ2v) is 7.60. The highest BCUT2D eigenvalue weighted by molar-refractivity contribution is 7.91. The number of nitrogens with one attached hydrogen (secondary N) is 1. The average Bonchev–Trinajstić information content (AvgIpc) is 2.79. The van der Waals surface area contributed by atoms with Gasteiger partial charge in [-0.3, -0.25) is 4.79 Å². The maximum Gasteiger partial charge on any atom is 0.244 e. The molecule has 1 aromatic carbocycles. The molecule has 21 heavy (non-hydrogen) atoms. The summed E-state index contributed by atoms with van der Waals surface area (Å²) < 4.78 is 22.6. The van der Waals surface area contributed by atoms with E-state index in [2.05, 4.69) is 10.5 Å². The fourth-order valence-electron chi connectivity index (χ4n) is 2.09. The van der Waals surface area contributed by atoms with Crippen molar-refractivity contribution in [3.05, 3.63) is 28.8 Å². The van der Waals surface area contributed by atoms with Crippen LogP contribution in [0.4, 0.5) is 0 Å². The van der Waals surface area contributed by atoms with E-state index in [4.69, 9.17) is 11.6 Å². The number of phenolic OH excluding ortho intramolecular Hbond substituents is 1. The van der Waals surface area contributed by atoms with Crippen LogP contribution < -0.4 is 5.43 Å². The Morgan fingerprint density at radius 1 is 1.48 bits per heavy atom. The molecule has 114 valence electrons. The molecule has 1 saturated heterocycles. The number of halogens is 1. The molecule has 1 aliphatic heterocycles. The van der Waals surface area contributed by atoms with Gasteiger partial charge in [-0.2, -0.15) is 5.10 Å². The van der Waals surface area contributed by atoms with E-state index in [1.54, 1.807) is 6.92 Å². The Balaban J connectivity index is 2.07. The summed E-state index contributed by atoms with van der Waals surface area (Å²) >= 11 is 5.84. The Labute approximate surface area is 127 Å². The summed E-state index contributed by atoms with van der Waals surface area (Å²) in [7, 11) is -3.11. The highest BCUT2D eigenvalue weighted by atomic mass is 35.5. The van der Waals surface area contributed by atoms with Crippen LogP contribution in [-0.4, -0.2) is 36.6 Å². The summed E-state index contributed by atoms with van der Waals surface area (Å²) in [6.07, 6.45) is 0.311. The average molecular weight is 331 g/mol. The lowest BCUT2D eigenvalue weighted by Crippen LogP contribution is -2.28. The van der Waals surface area contributed by atoms with E-state index < -0.39 is 21.7 Å². The second kappa shape index (κ2) is 6.03. The predicted molar refractivity (Wildman–Crippen MR) is 80.2 cm³/mol. The van der Waals surface area contributed by atoms with Gasteiger partial charge >= 0.3 is 0 Å². The number of benzene rings is 1. The number of sulfone groups is 1. The van der Waals surface area contributed by atoms with Gasteiger partial charge in [0.15, 0.2) is 9.84 Å². The Morgan fingerprint density at radius 3 is 2.81 bits per heavy atom. The van der Waals surface area contributed by atoms with E-state index in [-0.39, 0.29) is 17.3 Å². The van der Waals surface area contributed by atoms with Crippen LogP contribution in [-0.2, 0) is 14.6 Å². The number of rotatable bonds is 3. The van der Waals surface area contributed by atoms with Crippen LogP contribution in [0.15, 0.2) is 23.3 Å². The first-order valence-electron chi connectivity index (χ1n) is 6.32. The Kier molecular flexibility index (Phi) is 4.53. The van der Waals surface area contributed by atoms with Crippen molar-refractivity contribution in [2.75, 3.05) is 11.5 Å². The largest absolute Gasteiger partial charge is 0.507 e. The molecule has 1 amide bonds. The SMILES string of the molecule is C/C(=N\NC(=O)[C@@H]1CCS(=O)(=O)C1)c1cc(Cl)ccc1O. The number of hydrazone groups is 1. The van der Waals surface area contributed by atoms with E-state index in [0.29, 0.717) is 22.7 Å². The van der Waals surface area contributed by atoms with Gasteiger partial charge in [-0.25, -0.2) is 13.8 Å². The lowest BCUT2D eigenvalue weighted by Gasteiger charge is -2.08. The molecule has 1 heterocycles. The lowest BCUT2D eigenvalue weighted by atomic mass is 10.1.